The van der Waals surface area contributed by atoms with Crippen LogP contribution < -0.4 is 5.48 Å². The number of amides is 1. The molecule has 2 atom stereocenters. The Bertz CT molecular complexity index is 866. The fraction of sp³-hybridized carbons (Fsp3) is 0.200. The van der Waals surface area contributed by atoms with Crippen molar-refractivity contribution < 1.29 is 19.8 Å². The highest BCUT2D eigenvalue weighted by Gasteiger charge is 2.43. The number of nitrogens with one attached hydrogen (secondary N) is 2. The molecule has 7 heteroatoms. The first-order chi connectivity index (χ1) is 13.0. The molecular weight excluding hydrogens is 346 g/mol. The molecule has 0 aliphatic heterocycles. The summed E-state index contributed by atoms with van der Waals surface area (Å²) < 4.78 is 5.73. The first-order valence-electron chi connectivity index (χ1n) is 8.44. The Kier molecular flexibility index (Phi) is 5.66. The minimum Gasteiger partial charge on any atom is -0.383 e. The van der Waals surface area contributed by atoms with Gasteiger partial charge in [0.2, 0.25) is 0 Å². The molecule has 0 fully saturated rings. The van der Waals surface area contributed by atoms with Crippen LogP contribution in [0.15, 0.2) is 67.1 Å². The second kappa shape index (κ2) is 8.13. The van der Waals surface area contributed by atoms with Gasteiger partial charge in [-0.3, -0.25) is 10.0 Å². The normalized spacial score (nSPS) is 14.3. The van der Waals surface area contributed by atoms with E-state index in [0.29, 0.717) is 5.69 Å². The average molecular weight is 367 g/mol. The van der Waals surface area contributed by atoms with Crippen molar-refractivity contribution in [3.05, 3.63) is 78.4 Å². The van der Waals surface area contributed by atoms with E-state index in [1.807, 2.05) is 54.6 Å². The lowest BCUT2D eigenvalue weighted by Gasteiger charge is -2.31. The Morgan fingerprint density at radius 2 is 1.85 bits per heavy atom. The zero-order valence-electron chi connectivity index (χ0n) is 14.8. The van der Waals surface area contributed by atoms with E-state index in [1.54, 1.807) is 5.48 Å². The van der Waals surface area contributed by atoms with Crippen LogP contribution in [0.2, 0.25) is 0 Å². The van der Waals surface area contributed by atoms with Crippen LogP contribution in [0.1, 0.15) is 24.3 Å². The van der Waals surface area contributed by atoms with Crippen LogP contribution in [-0.4, -0.2) is 31.8 Å². The Balaban J connectivity index is 1.75. The molecule has 1 heterocycles. The predicted molar refractivity (Wildman–Crippen MR) is 98.5 cm³/mol. The maximum Gasteiger partial charge on any atom is 0.278 e. The first-order valence-corrected chi connectivity index (χ1v) is 8.44. The van der Waals surface area contributed by atoms with Crippen molar-refractivity contribution in [2.24, 2.45) is 0 Å². The highest BCUT2D eigenvalue weighted by molar-refractivity contribution is 5.84. The number of carbonyl (C=O) groups is 1. The van der Waals surface area contributed by atoms with E-state index in [0.717, 1.165) is 16.7 Å². The number of benzene rings is 2. The fourth-order valence-electron chi connectivity index (χ4n) is 2.75. The van der Waals surface area contributed by atoms with Crippen molar-refractivity contribution in [3.63, 3.8) is 0 Å². The SMILES string of the molecule is C[C@@](OCc1ccc(-c2ccccc2)cc1)(C(=O)NO)[C@H](O)c1cnc[nH]1. The molecule has 0 aliphatic carbocycles. The molecule has 0 aliphatic rings. The van der Waals surface area contributed by atoms with Crippen molar-refractivity contribution in [2.75, 3.05) is 0 Å². The maximum atomic E-state index is 12.2. The third-order valence-electron chi connectivity index (χ3n) is 4.49. The summed E-state index contributed by atoms with van der Waals surface area (Å²) >= 11 is 0. The van der Waals surface area contributed by atoms with Crippen LogP contribution in [0.3, 0.4) is 0 Å². The highest BCUT2D eigenvalue weighted by atomic mass is 16.5. The van der Waals surface area contributed by atoms with Crippen LogP contribution in [0.5, 0.6) is 0 Å². The summed E-state index contributed by atoms with van der Waals surface area (Å²) in [5.41, 5.74) is 3.14. The molecule has 0 saturated heterocycles. The van der Waals surface area contributed by atoms with E-state index in [4.69, 9.17) is 9.94 Å². The standard InChI is InChI=1S/C20H21N3O4/c1-20(19(25)23-26,18(24)17-11-21-13-22-17)27-12-14-7-9-16(10-8-14)15-5-3-2-4-6-15/h2-11,13,18,24,26H,12H2,1H3,(H,21,22)(H,23,25)/t18-,20+/m1/s1. The van der Waals surface area contributed by atoms with E-state index in [-0.39, 0.29) is 6.61 Å². The van der Waals surface area contributed by atoms with Gasteiger partial charge < -0.3 is 14.8 Å². The minimum absolute atomic E-state index is 0.0736. The van der Waals surface area contributed by atoms with Gasteiger partial charge in [-0.05, 0) is 23.6 Å². The van der Waals surface area contributed by atoms with Gasteiger partial charge in [0.15, 0.2) is 5.60 Å². The van der Waals surface area contributed by atoms with Crippen molar-refractivity contribution in [1.29, 1.82) is 0 Å². The van der Waals surface area contributed by atoms with E-state index < -0.39 is 17.6 Å². The number of rotatable bonds is 7. The van der Waals surface area contributed by atoms with Gasteiger partial charge in [0.1, 0.15) is 6.10 Å². The summed E-state index contributed by atoms with van der Waals surface area (Å²) in [5.74, 6) is -0.856. The van der Waals surface area contributed by atoms with Crippen molar-refractivity contribution in [2.45, 2.75) is 25.2 Å². The molecule has 0 spiro atoms. The van der Waals surface area contributed by atoms with Gasteiger partial charge in [0, 0.05) is 0 Å². The highest BCUT2D eigenvalue weighted by Crippen LogP contribution is 2.30. The Labute approximate surface area is 156 Å². The number of ether oxygens (including phenoxy) is 1. The summed E-state index contributed by atoms with van der Waals surface area (Å²) in [4.78, 5) is 18.7. The number of imidazole rings is 1. The van der Waals surface area contributed by atoms with E-state index in [2.05, 4.69) is 9.97 Å². The van der Waals surface area contributed by atoms with Gasteiger partial charge in [-0.2, -0.15) is 0 Å². The Hall–Kier alpha value is -3.00. The molecule has 1 aromatic heterocycles. The Morgan fingerprint density at radius 3 is 2.44 bits per heavy atom. The van der Waals surface area contributed by atoms with E-state index in [9.17, 15) is 9.90 Å². The second-order valence-electron chi connectivity index (χ2n) is 6.31. The number of hydroxylamine groups is 1. The van der Waals surface area contributed by atoms with Gasteiger partial charge >= 0.3 is 0 Å². The van der Waals surface area contributed by atoms with Crippen molar-refractivity contribution >= 4 is 5.91 Å². The molecule has 0 bridgehead atoms. The fourth-order valence-corrected chi connectivity index (χ4v) is 2.75. The van der Waals surface area contributed by atoms with Crippen LogP contribution in [0.4, 0.5) is 0 Å². The summed E-state index contributed by atoms with van der Waals surface area (Å²) in [7, 11) is 0. The van der Waals surface area contributed by atoms with Gasteiger partial charge in [-0.25, -0.2) is 10.5 Å². The number of aliphatic hydroxyl groups excluding tert-OH is 1. The molecule has 27 heavy (non-hydrogen) atoms. The molecule has 2 aromatic carbocycles. The summed E-state index contributed by atoms with van der Waals surface area (Å²) in [6, 6.07) is 17.7. The molecule has 1 amide bonds. The van der Waals surface area contributed by atoms with Crippen LogP contribution in [0.25, 0.3) is 11.1 Å². The molecule has 7 nitrogen and oxygen atoms in total. The molecular formula is C20H21N3O4. The number of hydrogen-bond acceptors (Lipinski definition) is 5. The lowest BCUT2D eigenvalue weighted by atomic mass is 9.95. The van der Waals surface area contributed by atoms with Crippen LogP contribution in [0, 0.1) is 0 Å². The molecule has 3 aromatic rings. The zero-order chi connectivity index (χ0) is 19.3. The number of hydrogen-bond donors (Lipinski definition) is 4. The van der Waals surface area contributed by atoms with Crippen LogP contribution >= 0.6 is 0 Å². The van der Waals surface area contributed by atoms with Crippen molar-refractivity contribution in [3.8, 4) is 11.1 Å². The average Bonchev–Trinajstić information content (AvgIpc) is 3.26. The number of carbonyl (C=O) groups excluding carboxylic acids is 1. The molecule has 0 radical (unpaired) electrons. The van der Waals surface area contributed by atoms with Gasteiger partial charge in [0.05, 0.1) is 24.8 Å². The summed E-state index contributed by atoms with van der Waals surface area (Å²) in [5, 5.41) is 19.6. The van der Waals surface area contributed by atoms with Gasteiger partial charge in [-0.15, -0.1) is 0 Å². The largest absolute Gasteiger partial charge is 0.383 e. The quantitative estimate of drug-likeness (QED) is 0.379. The number of H-pyrrole nitrogens is 1. The Morgan fingerprint density at radius 1 is 1.19 bits per heavy atom. The topological polar surface area (TPSA) is 107 Å². The van der Waals surface area contributed by atoms with Gasteiger partial charge in [0.25, 0.3) is 5.91 Å². The van der Waals surface area contributed by atoms with Crippen molar-refractivity contribution in [1.82, 2.24) is 15.4 Å². The molecule has 4 N–H and O–H groups in total. The third kappa shape index (κ3) is 4.06. The third-order valence-corrected chi connectivity index (χ3v) is 4.49. The number of aromatic amines is 1. The smallest absolute Gasteiger partial charge is 0.278 e. The van der Waals surface area contributed by atoms with E-state index in [1.165, 1.54) is 19.4 Å². The first kappa shape index (κ1) is 18.8. The number of nitrogens with zero attached hydrogens (tertiary/aromatic N) is 1. The molecule has 140 valence electrons. The zero-order valence-corrected chi connectivity index (χ0v) is 14.8. The molecule has 0 unspecified atom stereocenters. The van der Waals surface area contributed by atoms with Crippen LogP contribution in [-0.2, 0) is 16.1 Å². The minimum atomic E-state index is -1.71. The summed E-state index contributed by atoms with van der Waals surface area (Å²) in [6.07, 6.45) is 1.44. The predicted octanol–water partition coefficient (Wildman–Crippen LogP) is 2.59. The maximum absolute atomic E-state index is 12.2. The van der Waals surface area contributed by atoms with Gasteiger partial charge in [-0.1, -0.05) is 54.6 Å². The lowest BCUT2D eigenvalue weighted by Crippen LogP contribution is -2.50. The number of aliphatic hydroxyl groups is 1. The molecule has 0 saturated carbocycles. The monoisotopic (exact) mass is 367 g/mol. The van der Waals surface area contributed by atoms with E-state index >= 15 is 0 Å². The lowest BCUT2D eigenvalue weighted by molar-refractivity contribution is -0.174. The summed E-state index contributed by atoms with van der Waals surface area (Å²) in [6.45, 7) is 1.48. The second-order valence-corrected chi connectivity index (χ2v) is 6.31. The molecule has 3 rings (SSSR count). The number of aromatic nitrogens is 2.